The van der Waals surface area contributed by atoms with E-state index in [1.807, 2.05) is 12.1 Å². The predicted octanol–water partition coefficient (Wildman–Crippen LogP) is 2.14. The van der Waals surface area contributed by atoms with E-state index in [0.29, 0.717) is 17.9 Å². The standard InChI is InChI=1S/C14H17BrN2O2/c1-16(2)14(19)11-3-5-12(6-4-11)17-9-10(8-15)7-13(17)18/h3-6,10H,7-9H2,1-2H3. The summed E-state index contributed by atoms with van der Waals surface area (Å²) in [6.07, 6.45) is 0.587. The summed E-state index contributed by atoms with van der Waals surface area (Å²) in [6.45, 7) is 0.741. The number of nitrogens with zero attached hydrogens (tertiary/aromatic N) is 2. The van der Waals surface area contributed by atoms with Crippen molar-refractivity contribution in [3.63, 3.8) is 0 Å². The molecule has 1 aliphatic rings. The van der Waals surface area contributed by atoms with Crippen molar-refractivity contribution in [2.24, 2.45) is 5.92 Å². The van der Waals surface area contributed by atoms with Crippen molar-refractivity contribution in [1.82, 2.24) is 4.90 Å². The smallest absolute Gasteiger partial charge is 0.253 e. The van der Waals surface area contributed by atoms with E-state index in [2.05, 4.69) is 15.9 Å². The van der Waals surface area contributed by atoms with Gasteiger partial charge in [0.25, 0.3) is 5.91 Å². The molecule has 1 aliphatic heterocycles. The molecule has 5 heteroatoms. The number of hydrogen-bond donors (Lipinski definition) is 0. The maximum absolute atomic E-state index is 11.9. The lowest BCUT2D eigenvalue weighted by Gasteiger charge is -2.17. The van der Waals surface area contributed by atoms with E-state index in [0.717, 1.165) is 17.6 Å². The van der Waals surface area contributed by atoms with E-state index < -0.39 is 0 Å². The summed E-state index contributed by atoms with van der Waals surface area (Å²) >= 11 is 3.42. The second-order valence-electron chi connectivity index (χ2n) is 4.98. The molecule has 19 heavy (non-hydrogen) atoms. The van der Waals surface area contributed by atoms with Crippen LogP contribution < -0.4 is 4.90 Å². The fourth-order valence-electron chi connectivity index (χ4n) is 2.18. The summed E-state index contributed by atoms with van der Waals surface area (Å²) in [6, 6.07) is 7.22. The highest BCUT2D eigenvalue weighted by Crippen LogP contribution is 2.26. The molecule has 2 amide bonds. The second kappa shape index (κ2) is 5.74. The zero-order valence-corrected chi connectivity index (χ0v) is 12.7. The zero-order chi connectivity index (χ0) is 14.0. The summed E-state index contributed by atoms with van der Waals surface area (Å²) in [5.41, 5.74) is 1.50. The molecule has 0 bridgehead atoms. The van der Waals surface area contributed by atoms with Gasteiger partial charge in [0, 0.05) is 43.6 Å². The lowest BCUT2D eigenvalue weighted by molar-refractivity contribution is -0.117. The molecular formula is C14H17BrN2O2. The van der Waals surface area contributed by atoms with Crippen molar-refractivity contribution in [3.8, 4) is 0 Å². The highest BCUT2D eigenvalue weighted by Gasteiger charge is 2.29. The lowest BCUT2D eigenvalue weighted by Crippen LogP contribution is -2.25. The molecule has 0 radical (unpaired) electrons. The number of alkyl halides is 1. The van der Waals surface area contributed by atoms with E-state index in [4.69, 9.17) is 0 Å². The molecule has 1 saturated heterocycles. The number of anilines is 1. The molecule has 2 rings (SSSR count). The Labute approximate surface area is 121 Å². The average molecular weight is 325 g/mol. The van der Waals surface area contributed by atoms with E-state index >= 15 is 0 Å². The number of carbonyl (C=O) groups excluding carboxylic acids is 2. The Hall–Kier alpha value is -1.36. The van der Waals surface area contributed by atoms with Crippen molar-refractivity contribution in [1.29, 1.82) is 0 Å². The number of benzene rings is 1. The van der Waals surface area contributed by atoms with E-state index in [1.165, 1.54) is 4.90 Å². The van der Waals surface area contributed by atoms with Crippen LogP contribution in [0.3, 0.4) is 0 Å². The molecule has 0 aromatic heterocycles. The Morgan fingerprint density at radius 2 is 2.00 bits per heavy atom. The van der Waals surface area contributed by atoms with Gasteiger partial charge in [-0.3, -0.25) is 9.59 Å². The minimum absolute atomic E-state index is 0.0300. The summed E-state index contributed by atoms with van der Waals surface area (Å²) in [5, 5.41) is 0.840. The van der Waals surface area contributed by atoms with Gasteiger partial charge in [-0.05, 0) is 30.2 Å². The first-order chi connectivity index (χ1) is 9.02. The maximum Gasteiger partial charge on any atom is 0.253 e. The molecule has 0 aliphatic carbocycles. The van der Waals surface area contributed by atoms with Crippen LogP contribution >= 0.6 is 15.9 Å². The van der Waals surface area contributed by atoms with Gasteiger partial charge in [-0.25, -0.2) is 0 Å². The van der Waals surface area contributed by atoms with Crippen molar-refractivity contribution in [3.05, 3.63) is 29.8 Å². The summed E-state index contributed by atoms with van der Waals surface area (Å²) in [5.74, 6) is 0.490. The van der Waals surface area contributed by atoms with E-state index in [1.54, 1.807) is 31.1 Å². The Kier molecular flexibility index (Phi) is 4.24. The Balaban J connectivity index is 2.15. The van der Waals surface area contributed by atoms with Gasteiger partial charge in [-0.1, -0.05) is 15.9 Å². The van der Waals surface area contributed by atoms with Crippen LogP contribution in [0.5, 0.6) is 0 Å². The summed E-state index contributed by atoms with van der Waals surface area (Å²) < 4.78 is 0. The van der Waals surface area contributed by atoms with E-state index in [-0.39, 0.29) is 11.8 Å². The molecule has 102 valence electrons. The summed E-state index contributed by atoms with van der Waals surface area (Å²) in [4.78, 5) is 27.0. The van der Waals surface area contributed by atoms with Gasteiger partial charge in [0.1, 0.15) is 0 Å². The molecule has 1 fully saturated rings. The van der Waals surface area contributed by atoms with Gasteiger partial charge < -0.3 is 9.80 Å². The quantitative estimate of drug-likeness (QED) is 0.799. The lowest BCUT2D eigenvalue weighted by atomic mass is 10.1. The second-order valence-corrected chi connectivity index (χ2v) is 5.62. The Morgan fingerprint density at radius 1 is 1.37 bits per heavy atom. The Bertz CT molecular complexity index is 485. The monoisotopic (exact) mass is 324 g/mol. The van der Waals surface area contributed by atoms with Crippen LogP contribution in [0, 0.1) is 5.92 Å². The first kappa shape index (κ1) is 14.1. The normalized spacial score (nSPS) is 18.8. The maximum atomic E-state index is 11.9. The number of carbonyl (C=O) groups is 2. The molecule has 1 atom stereocenters. The fourth-order valence-corrected chi connectivity index (χ4v) is 2.61. The van der Waals surface area contributed by atoms with Crippen LogP contribution in [0.4, 0.5) is 5.69 Å². The van der Waals surface area contributed by atoms with Crippen LogP contribution in [0.25, 0.3) is 0 Å². The third-order valence-corrected chi connectivity index (χ3v) is 4.17. The van der Waals surface area contributed by atoms with Crippen molar-refractivity contribution < 1.29 is 9.59 Å². The molecule has 1 heterocycles. The van der Waals surface area contributed by atoms with Crippen LogP contribution in [-0.2, 0) is 4.79 Å². The van der Waals surface area contributed by atoms with Gasteiger partial charge in [0.05, 0.1) is 0 Å². The highest BCUT2D eigenvalue weighted by molar-refractivity contribution is 9.09. The molecule has 1 aromatic rings. The highest BCUT2D eigenvalue weighted by atomic mass is 79.9. The van der Waals surface area contributed by atoms with Gasteiger partial charge in [-0.15, -0.1) is 0 Å². The molecule has 0 N–H and O–H groups in total. The number of rotatable bonds is 3. The Morgan fingerprint density at radius 3 is 2.47 bits per heavy atom. The van der Waals surface area contributed by atoms with Gasteiger partial charge >= 0.3 is 0 Å². The van der Waals surface area contributed by atoms with Crippen LogP contribution in [0.15, 0.2) is 24.3 Å². The van der Waals surface area contributed by atoms with Crippen molar-refractivity contribution >= 4 is 33.4 Å². The number of amides is 2. The average Bonchev–Trinajstić information content (AvgIpc) is 2.79. The van der Waals surface area contributed by atoms with Gasteiger partial charge in [0.15, 0.2) is 0 Å². The molecule has 0 spiro atoms. The first-order valence-corrected chi connectivity index (χ1v) is 7.33. The zero-order valence-electron chi connectivity index (χ0n) is 11.1. The predicted molar refractivity (Wildman–Crippen MR) is 78.7 cm³/mol. The topological polar surface area (TPSA) is 40.6 Å². The molecular weight excluding hydrogens is 308 g/mol. The molecule has 0 saturated carbocycles. The van der Waals surface area contributed by atoms with Crippen molar-refractivity contribution in [2.45, 2.75) is 6.42 Å². The van der Waals surface area contributed by atoms with Crippen LogP contribution in [0.1, 0.15) is 16.8 Å². The SMILES string of the molecule is CN(C)C(=O)c1ccc(N2CC(CBr)CC2=O)cc1. The number of hydrogen-bond acceptors (Lipinski definition) is 2. The summed E-state index contributed by atoms with van der Waals surface area (Å²) in [7, 11) is 3.45. The first-order valence-electron chi connectivity index (χ1n) is 6.21. The minimum Gasteiger partial charge on any atom is -0.345 e. The minimum atomic E-state index is -0.0300. The molecule has 4 nitrogen and oxygen atoms in total. The van der Waals surface area contributed by atoms with Gasteiger partial charge in [-0.2, -0.15) is 0 Å². The van der Waals surface area contributed by atoms with Crippen molar-refractivity contribution in [2.75, 3.05) is 30.9 Å². The third-order valence-electron chi connectivity index (χ3n) is 3.26. The van der Waals surface area contributed by atoms with Crippen LogP contribution in [-0.4, -0.2) is 42.7 Å². The fraction of sp³-hybridized carbons (Fsp3) is 0.429. The largest absolute Gasteiger partial charge is 0.345 e. The van der Waals surface area contributed by atoms with Crippen LogP contribution in [0.2, 0.25) is 0 Å². The molecule has 1 aromatic carbocycles. The number of halogens is 1. The third kappa shape index (κ3) is 2.97. The van der Waals surface area contributed by atoms with E-state index in [9.17, 15) is 9.59 Å². The van der Waals surface area contributed by atoms with Gasteiger partial charge in [0.2, 0.25) is 5.91 Å². The molecule has 1 unspecified atom stereocenters.